The van der Waals surface area contributed by atoms with Crippen LogP contribution >= 0.6 is 38.9 Å². The fourth-order valence-electron chi connectivity index (χ4n) is 1.71. The lowest BCUT2D eigenvalue weighted by molar-refractivity contribution is 0.603. The number of hydrogen-bond acceptors (Lipinski definition) is 3. The van der Waals surface area contributed by atoms with E-state index in [9.17, 15) is 8.42 Å². The Kier molecular flexibility index (Phi) is 4.79. The van der Waals surface area contributed by atoms with Gasteiger partial charge < -0.3 is 0 Å². The smallest absolute Gasteiger partial charge is 0.271 e. The van der Waals surface area contributed by atoms with Gasteiger partial charge in [0.25, 0.3) is 10.0 Å². The quantitative estimate of drug-likeness (QED) is 0.807. The van der Waals surface area contributed by atoms with E-state index in [-0.39, 0.29) is 4.21 Å². The van der Waals surface area contributed by atoms with Gasteiger partial charge in [0.15, 0.2) is 0 Å². The summed E-state index contributed by atoms with van der Waals surface area (Å²) in [5.41, 5.74) is 2.30. The minimum Gasteiger partial charge on any atom is -0.279 e. The first-order valence-electron chi connectivity index (χ1n) is 5.90. The molecule has 3 nitrogen and oxygen atoms in total. The first-order valence-corrected chi connectivity index (χ1v) is 9.37. The van der Waals surface area contributed by atoms with E-state index in [1.165, 1.54) is 0 Å². The van der Waals surface area contributed by atoms with Crippen LogP contribution in [-0.4, -0.2) is 8.42 Å². The molecule has 0 aliphatic heterocycles. The van der Waals surface area contributed by atoms with Crippen LogP contribution in [0.5, 0.6) is 0 Å². The van der Waals surface area contributed by atoms with Crippen molar-refractivity contribution in [2.75, 3.05) is 4.72 Å². The molecule has 0 radical (unpaired) electrons. The van der Waals surface area contributed by atoms with Crippen LogP contribution in [0.3, 0.4) is 0 Å². The molecule has 0 bridgehead atoms. The van der Waals surface area contributed by atoms with Crippen molar-refractivity contribution in [3.8, 4) is 0 Å². The monoisotopic (exact) mass is 393 g/mol. The minimum absolute atomic E-state index is 0.227. The second-order valence-electron chi connectivity index (χ2n) is 4.28. The largest absolute Gasteiger partial charge is 0.279 e. The van der Waals surface area contributed by atoms with Gasteiger partial charge in [0, 0.05) is 4.47 Å². The standard InChI is InChI=1S/C13H13BrClNO2S2/c1-3-9-7-10(14)4-5-11(9)16-20(17,18)12-6-8(2)13(15)19-12/h4-7,16H,3H2,1-2H3. The fourth-order valence-corrected chi connectivity index (χ4v) is 4.93. The summed E-state index contributed by atoms with van der Waals surface area (Å²) in [7, 11) is -3.59. The zero-order valence-corrected chi connectivity index (χ0v) is 14.9. The summed E-state index contributed by atoms with van der Waals surface area (Å²) in [6.45, 7) is 3.76. The molecule has 7 heteroatoms. The van der Waals surface area contributed by atoms with E-state index in [0.29, 0.717) is 10.0 Å². The number of sulfonamides is 1. The molecule has 2 aromatic rings. The zero-order valence-electron chi connectivity index (χ0n) is 10.9. The van der Waals surface area contributed by atoms with Gasteiger partial charge in [-0.15, -0.1) is 11.3 Å². The van der Waals surface area contributed by atoms with Gasteiger partial charge in [-0.25, -0.2) is 8.42 Å². The van der Waals surface area contributed by atoms with Crippen molar-refractivity contribution >= 4 is 54.6 Å². The van der Waals surface area contributed by atoms with Gasteiger partial charge in [0.05, 0.1) is 10.0 Å². The van der Waals surface area contributed by atoms with Crippen molar-refractivity contribution in [3.05, 3.63) is 44.2 Å². The molecule has 0 saturated heterocycles. The zero-order chi connectivity index (χ0) is 14.9. The fraction of sp³-hybridized carbons (Fsp3) is 0.231. The number of aryl methyl sites for hydroxylation is 2. The predicted octanol–water partition coefficient (Wildman–Crippen LogP) is 4.84. The Labute approximate surface area is 136 Å². The summed E-state index contributed by atoms with van der Waals surface area (Å²) in [5.74, 6) is 0. The lowest BCUT2D eigenvalue weighted by Gasteiger charge is -2.11. The third-order valence-electron chi connectivity index (χ3n) is 2.79. The van der Waals surface area contributed by atoms with Crippen molar-refractivity contribution in [3.63, 3.8) is 0 Å². The summed E-state index contributed by atoms with van der Waals surface area (Å²) in [6.07, 6.45) is 0.738. The van der Waals surface area contributed by atoms with E-state index in [1.54, 1.807) is 19.1 Å². The minimum atomic E-state index is -3.59. The SMILES string of the molecule is CCc1cc(Br)ccc1NS(=O)(=O)c1cc(C)c(Cl)s1. The maximum Gasteiger partial charge on any atom is 0.271 e. The normalized spacial score (nSPS) is 11.6. The molecule has 0 atom stereocenters. The Balaban J connectivity index is 2.38. The van der Waals surface area contributed by atoms with Crippen molar-refractivity contribution in [2.24, 2.45) is 0 Å². The van der Waals surface area contributed by atoms with Crippen LogP contribution in [-0.2, 0) is 16.4 Å². The highest BCUT2D eigenvalue weighted by molar-refractivity contribution is 9.10. The molecule has 108 valence electrons. The van der Waals surface area contributed by atoms with Crippen LogP contribution in [0.2, 0.25) is 4.34 Å². The third-order valence-corrected chi connectivity index (χ3v) is 6.68. The molecule has 1 aromatic carbocycles. The number of anilines is 1. The molecule has 1 aromatic heterocycles. The van der Waals surface area contributed by atoms with E-state index < -0.39 is 10.0 Å². The highest BCUT2D eigenvalue weighted by atomic mass is 79.9. The first-order chi connectivity index (χ1) is 9.33. The maximum atomic E-state index is 12.3. The van der Waals surface area contributed by atoms with E-state index in [0.717, 1.165) is 33.4 Å². The molecule has 2 rings (SSSR count). The predicted molar refractivity (Wildman–Crippen MR) is 88.4 cm³/mol. The molecule has 1 N–H and O–H groups in total. The van der Waals surface area contributed by atoms with Crippen molar-refractivity contribution in [1.82, 2.24) is 0 Å². The Morgan fingerprint density at radius 2 is 2.05 bits per heavy atom. The van der Waals surface area contributed by atoms with E-state index in [4.69, 9.17) is 11.6 Å². The molecule has 0 unspecified atom stereocenters. The number of halogens is 2. The molecule has 0 aliphatic carbocycles. The van der Waals surface area contributed by atoms with Crippen LogP contribution in [0.4, 0.5) is 5.69 Å². The number of thiophene rings is 1. The molecule has 0 fully saturated rings. The Morgan fingerprint density at radius 3 is 2.60 bits per heavy atom. The molecule has 0 amide bonds. The van der Waals surface area contributed by atoms with Gasteiger partial charge in [-0.1, -0.05) is 34.5 Å². The highest BCUT2D eigenvalue weighted by Gasteiger charge is 2.19. The molecular formula is C13H13BrClNO2S2. The van der Waals surface area contributed by atoms with Crippen LogP contribution in [0, 0.1) is 6.92 Å². The topological polar surface area (TPSA) is 46.2 Å². The molecule has 0 aliphatic rings. The Morgan fingerprint density at radius 1 is 1.35 bits per heavy atom. The highest BCUT2D eigenvalue weighted by Crippen LogP contribution is 2.32. The molecular weight excluding hydrogens is 382 g/mol. The maximum absolute atomic E-state index is 12.3. The lowest BCUT2D eigenvalue weighted by atomic mass is 10.1. The first kappa shape index (κ1) is 15.8. The van der Waals surface area contributed by atoms with E-state index in [2.05, 4.69) is 20.7 Å². The van der Waals surface area contributed by atoms with Crippen molar-refractivity contribution in [2.45, 2.75) is 24.5 Å². The number of nitrogens with one attached hydrogen (secondary N) is 1. The Hall–Kier alpha value is -0.560. The second kappa shape index (κ2) is 6.05. The van der Waals surface area contributed by atoms with E-state index >= 15 is 0 Å². The van der Waals surface area contributed by atoms with Gasteiger partial charge in [0.1, 0.15) is 4.21 Å². The second-order valence-corrected chi connectivity index (χ2v) is 8.76. The molecule has 1 heterocycles. The van der Waals surface area contributed by atoms with Gasteiger partial charge in [0.2, 0.25) is 0 Å². The van der Waals surface area contributed by atoms with E-state index in [1.807, 2.05) is 19.1 Å². The average Bonchev–Trinajstić information content (AvgIpc) is 2.72. The lowest BCUT2D eigenvalue weighted by Crippen LogP contribution is -2.12. The summed E-state index contributed by atoms with van der Waals surface area (Å²) >= 11 is 10.4. The van der Waals surface area contributed by atoms with Crippen molar-refractivity contribution < 1.29 is 8.42 Å². The van der Waals surface area contributed by atoms with Crippen LogP contribution in [0.25, 0.3) is 0 Å². The third kappa shape index (κ3) is 3.36. The van der Waals surface area contributed by atoms with Crippen LogP contribution < -0.4 is 4.72 Å². The molecule has 20 heavy (non-hydrogen) atoms. The Bertz CT molecular complexity index is 721. The van der Waals surface area contributed by atoms with Gasteiger partial charge >= 0.3 is 0 Å². The summed E-state index contributed by atoms with van der Waals surface area (Å²) in [5, 5.41) is 0. The van der Waals surface area contributed by atoms with Gasteiger partial charge in [-0.3, -0.25) is 4.72 Å². The summed E-state index contributed by atoms with van der Waals surface area (Å²) in [4.78, 5) is 0. The van der Waals surface area contributed by atoms with Crippen LogP contribution in [0.15, 0.2) is 32.9 Å². The van der Waals surface area contributed by atoms with Crippen molar-refractivity contribution in [1.29, 1.82) is 0 Å². The number of rotatable bonds is 4. The number of hydrogen-bond donors (Lipinski definition) is 1. The summed E-state index contributed by atoms with van der Waals surface area (Å²) < 4.78 is 29.0. The molecule has 0 saturated carbocycles. The summed E-state index contributed by atoms with van der Waals surface area (Å²) in [6, 6.07) is 7.05. The average molecular weight is 395 g/mol. The van der Waals surface area contributed by atoms with Gasteiger partial charge in [-0.2, -0.15) is 0 Å². The molecule has 0 spiro atoms. The van der Waals surface area contributed by atoms with Crippen LogP contribution in [0.1, 0.15) is 18.1 Å². The number of benzene rings is 1. The van der Waals surface area contributed by atoms with Gasteiger partial charge in [-0.05, 0) is 48.7 Å².